The van der Waals surface area contributed by atoms with Gasteiger partial charge in [-0.25, -0.2) is 0 Å². The van der Waals surface area contributed by atoms with Gasteiger partial charge < -0.3 is 14.4 Å². The van der Waals surface area contributed by atoms with Crippen LogP contribution >= 0.6 is 23.2 Å². The summed E-state index contributed by atoms with van der Waals surface area (Å²) in [6, 6.07) is 11.8. The highest BCUT2D eigenvalue weighted by Crippen LogP contribution is 2.37. The summed E-state index contributed by atoms with van der Waals surface area (Å²) >= 11 is 12.4. The van der Waals surface area contributed by atoms with Gasteiger partial charge in [-0.2, -0.15) is 4.73 Å². The first-order chi connectivity index (χ1) is 12.6. The summed E-state index contributed by atoms with van der Waals surface area (Å²) in [6.07, 6.45) is 3.95. The largest absolute Gasteiger partial charge is 0.619 e. The molecular weight excluding hydrogens is 373 g/mol. The molecule has 0 bridgehead atoms. The summed E-state index contributed by atoms with van der Waals surface area (Å²) in [5.74, 6) is 0.697. The zero-order chi connectivity index (χ0) is 18.3. The van der Waals surface area contributed by atoms with Gasteiger partial charge in [-0.05, 0) is 30.5 Å². The van der Waals surface area contributed by atoms with Crippen LogP contribution in [0.5, 0.6) is 5.75 Å². The lowest BCUT2D eigenvalue weighted by Gasteiger charge is -2.09. The second kappa shape index (κ2) is 6.71. The molecule has 0 fully saturated rings. The molecule has 2 heterocycles. The third kappa shape index (κ3) is 2.85. The van der Waals surface area contributed by atoms with Crippen LogP contribution in [-0.2, 0) is 12.8 Å². The molecule has 132 valence electrons. The van der Waals surface area contributed by atoms with Crippen molar-refractivity contribution in [2.24, 2.45) is 0 Å². The summed E-state index contributed by atoms with van der Waals surface area (Å²) in [4.78, 5) is 0. The van der Waals surface area contributed by atoms with Crippen molar-refractivity contribution < 1.29 is 13.9 Å². The monoisotopic (exact) mass is 387 g/mol. The third-order valence-corrected chi connectivity index (χ3v) is 5.15. The van der Waals surface area contributed by atoms with Crippen molar-refractivity contribution in [3.8, 4) is 5.75 Å². The number of benzene rings is 2. The quantitative estimate of drug-likeness (QED) is 0.351. The molecule has 4 aromatic rings. The number of rotatable bonds is 4. The highest BCUT2D eigenvalue weighted by molar-refractivity contribution is 6.35. The van der Waals surface area contributed by atoms with Gasteiger partial charge in [0.05, 0.1) is 7.11 Å². The number of nitrogens with zero attached hydrogens (tertiary/aromatic N) is 1. The third-order valence-electron chi connectivity index (χ3n) is 4.50. The van der Waals surface area contributed by atoms with E-state index in [2.05, 4.69) is 0 Å². The Morgan fingerprint density at radius 1 is 1.04 bits per heavy atom. The Labute approximate surface area is 160 Å². The molecule has 26 heavy (non-hydrogen) atoms. The minimum atomic E-state index is 0.370. The number of aromatic nitrogens is 1. The van der Waals surface area contributed by atoms with E-state index >= 15 is 0 Å². The smallest absolute Gasteiger partial charge is 0.199 e. The van der Waals surface area contributed by atoms with Gasteiger partial charge in [-0.1, -0.05) is 47.5 Å². The van der Waals surface area contributed by atoms with E-state index in [1.807, 2.05) is 36.4 Å². The van der Waals surface area contributed by atoms with Crippen molar-refractivity contribution in [2.75, 3.05) is 7.11 Å². The molecule has 0 saturated heterocycles. The lowest BCUT2D eigenvalue weighted by molar-refractivity contribution is -0.605. The summed E-state index contributed by atoms with van der Waals surface area (Å²) in [7, 11) is 1.63. The van der Waals surface area contributed by atoms with Crippen LogP contribution in [-0.4, -0.2) is 7.11 Å². The first kappa shape index (κ1) is 17.0. The molecule has 0 radical (unpaired) electrons. The zero-order valence-corrected chi connectivity index (χ0v) is 15.5. The number of furan rings is 1. The van der Waals surface area contributed by atoms with E-state index in [0.29, 0.717) is 33.4 Å². The van der Waals surface area contributed by atoms with Crippen LogP contribution in [0.3, 0.4) is 0 Å². The highest BCUT2D eigenvalue weighted by atomic mass is 35.5. The summed E-state index contributed by atoms with van der Waals surface area (Å²) in [6.45, 7) is 0. The molecule has 2 aromatic heterocycles. The van der Waals surface area contributed by atoms with Crippen LogP contribution < -0.4 is 9.47 Å². The lowest BCUT2D eigenvalue weighted by Crippen LogP contribution is -2.25. The van der Waals surface area contributed by atoms with Gasteiger partial charge in [0.15, 0.2) is 23.7 Å². The van der Waals surface area contributed by atoms with Crippen LogP contribution in [0.15, 0.2) is 53.2 Å². The van der Waals surface area contributed by atoms with Gasteiger partial charge in [0.2, 0.25) is 0 Å². The topological polar surface area (TPSA) is 49.3 Å². The predicted molar refractivity (Wildman–Crippen MR) is 103 cm³/mol. The first-order valence-corrected chi connectivity index (χ1v) is 8.88. The molecule has 0 aliphatic carbocycles. The van der Waals surface area contributed by atoms with Crippen molar-refractivity contribution in [3.63, 3.8) is 0 Å². The fourth-order valence-corrected chi connectivity index (χ4v) is 3.90. The fraction of sp³-hybridized carbons (Fsp3) is 0.150. The van der Waals surface area contributed by atoms with E-state index in [0.717, 1.165) is 33.1 Å². The molecule has 4 rings (SSSR count). The van der Waals surface area contributed by atoms with E-state index in [-0.39, 0.29) is 0 Å². The maximum atomic E-state index is 11.4. The highest BCUT2D eigenvalue weighted by Gasteiger charge is 2.17. The SMILES string of the molecule is COc1ccc(CCc2c(Cl)c[n+]([O-])cc2Cl)c2c1oc1ccccc12. The number of halogens is 2. The minimum Gasteiger partial charge on any atom is -0.619 e. The molecule has 0 unspecified atom stereocenters. The van der Waals surface area contributed by atoms with Gasteiger partial charge in [-0.3, -0.25) is 0 Å². The fourth-order valence-electron chi connectivity index (χ4n) is 3.27. The van der Waals surface area contributed by atoms with E-state index in [9.17, 15) is 5.21 Å². The minimum absolute atomic E-state index is 0.370. The maximum absolute atomic E-state index is 11.4. The molecule has 2 aromatic carbocycles. The summed E-state index contributed by atoms with van der Waals surface area (Å²) in [5.41, 5.74) is 3.42. The van der Waals surface area contributed by atoms with E-state index in [1.165, 1.54) is 12.4 Å². The Balaban J connectivity index is 1.80. The van der Waals surface area contributed by atoms with Crippen molar-refractivity contribution in [1.29, 1.82) is 0 Å². The number of pyridine rings is 1. The summed E-state index contributed by atoms with van der Waals surface area (Å²) < 4.78 is 12.1. The number of aryl methyl sites for hydroxylation is 1. The molecule has 0 amide bonds. The molecule has 0 N–H and O–H groups in total. The molecule has 0 saturated carbocycles. The van der Waals surface area contributed by atoms with Crippen molar-refractivity contribution in [1.82, 2.24) is 0 Å². The van der Waals surface area contributed by atoms with Crippen molar-refractivity contribution in [3.05, 3.63) is 75.2 Å². The van der Waals surface area contributed by atoms with Crippen LogP contribution in [0, 0.1) is 5.21 Å². The Bertz CT molecular complexity index is 1100. The molecule has 0 spiro atoms. The van der Waals surface area contributed by atoms with Gasteiger partial charge in [0.1, 0.15) is 15.6 Å². The Morgan fingerprint density at radius 3 is 2.50 bits per heavy atom. The van der Waals surface area contributed by atoms with Crippen LogP contribution in [0.2, 0.25) is 10.0 Å². The molecule has 0 atom stereocenters. The van der Waals surface area contributed by atoms with E-state index in [1.54, 1.807) is 7.11 Å². The summed E-state index contributed by atoms with van der Waals surface area (Å²) in [5, 5.41) is 14.2. The number of fused-ring (bicyclic) bond motifs is 3. The van der Waals surface area contributed by atoms with Crippen molar-refractivity contribution in [2.45, 2.75) is 12.8 Å². The van der Waals surface area contributed by atoms with Gasteiger partial charge in [0, 0.05) is 16.3 Å². The Morgan fingerprint density at radius 2 is 1.77 bits per heavy atom. The molecule has 0 aliphatic heterocycles. The molecule has 4 nitrogen and oxygen atoms in total. The number of methoxy groups -OCH3 is 1. The standard InChI is InChI=1S/C20H15Cl2NO3/c1-25-18-9-7-12(6-8-13-15(21)10-23(24)11-16(13)22)19-14-4-2-3-5-17(14)26-20(18)19/h2-5,7,9-11H,6,8H2,1H3. The maximum Gasteiger partial charge on any atom is 0.199 e. The lowest BCUT2D eigenvalue weighted by atomic mass is 9.99. The van der Waals surface area contributed by atoms with E-state index < -0.39 is 0 Å². The van der Waals surface area contributed by atoms with Crippen LogP contribution in [0.25, 0.3) is 21.9 Å². The average Bonchev–Trinajstić information content (AvgIpc) is 3.00. The number of para-hydroxylation sites is 1. The van der Waals surface area contributed by atoms with E-state index in [4.69, 9.17) is 32.4 Å². The Hall–Kier alpha value is -2.43. The second-order valence-electron chi connectivity index (χ2n) is 6.02. The number of ether oxygens (including phenoxy) is 1. The normalized spacial score (nSPS) is 11.3. The molecule has 6 heteroatoms. The zero-order valence-electron chi connectivity index (χ0n) is 14.0. The van der Waals surface area contributed by atoms with Crippen molar-refractivity contribution >= 4 is 45.1 Å². The number of hydrogen-bond acceptors (Lipinski definition) is 3. The predicted octanol–water partition coefficient (Wildman–Crippen LogP) is 5.32. The Kier molecular flexibility index (Phi) is 4.39. The van der Waals surface area contributed by atoms with Gasteiger partial charge in [0.25, 0.3) is 0 Å². The first-order valence-electron chi connectivity index (χ1n) is 8.12. The van der Waals surface area contributed by atoms with Crippen LogP contribution in [0.4, 0.5) is 0 Å². The molecule has 0 aliphatic rings. The molecular formula is C20H15Cl2NO3. The van der Waals surface area contributed by atoms with Gasteiger partial charge >= 0.3 is 0 Å². The average molecular weight is 388 g/mol. The number of hydrogen-bond donors (Lipinski definition) is 0. The second-order valence-corrected chi connectivity index (χ2v) is 6.84. The van der Waals surface area contributed by atoms with Gasteiger partial charge in [-0.15, -0.1) is 0 Å². The van der Waals surface area contributed by atoms with Crippen LogP contribution in [0.1, 0.15) is 11.1 Å².